The summed E-state index contributed by atoms with van der Waals surface area (Å²) in [6, 6.07) is 3.16. The molecule has 2 rings (SSSR count). The van der Waals surface area contributed by atoms with Crippen molar-refractivity contribution in [3.63, 3.8) is 0 Å². The Morgan fingerprint density at radius 1 is 1.15 bits per heavy atom. The number of rotatable bonds is 0. The standard InChI is InChI=1S/C7H5N3O2.Na/c11-6-4-2-1-3-8-5(4)7(12)10-9-6;/h1-3H,(H,9,11)(H,10,12);/q;+1. The molecule has 0 saturated heterocycles. The first-order chi connectivity index (χ1) is 5.79. The minimum atomic E-state index is -0.384. The van der Waals surface area contributed by atoms with E-state index in [1.54, 1.807) is 12.1 Å². The van der Waals surface area contributed by atoms with E-state index in [-0.39, 0.29) is 46.2 Å². The van der Waals surface area contributed by atoms with E-state index < -0.39 is 0 Å². The van der Waals surface area contributed by atoms with Gasteiger partial charge in [-0.05, 0) is 12.1 Å². The molecule has 5 nitrogen and oxygen atoms in total. The van der Waals surface area contributed by atoms with Gasteiger partial charge in [-0.15, -0.1) is 0 Å². The summed E-state index contributed by atoms with van der Waals surface area (Å²) in [6.45, 7) is 0. The van der Waals surface area contributed by atoms with Gasteiger partial charge in [0.25, 0.3) is 11.1 Å². The van der Waals surface area contributed by atoms with E-state index in [1.807, 2.05) is 0 Å². The molecular weight excluding hydrogens is 181 g/mol. The maximum absolute atomic E-state index is 11.1. The summed E-state index contributed by atoms with van der Waals surface area (Å²) in [5.41, 5.74) is -0.552. The zero-order chi connectivity index (χ0) is 8.55. The molecular formula is C7H5N3NaO2+. The molecule has 2 N–H and O–H groups in total. The van der Waals surface area contributed by atoms with Gasteiger partial charge in [0.1, 0.15) is 5.52 Å². The number of aromatic amines is 2. The van der Waals surface area contributed by atoms with Crippen LogP contribution in [0.2, 0.25) is 0 Å². The smallest absolute Gasteiger partial charge is 0.267 e. The summed E-state index contributed by atoms with van der Waals surface area (Å²) < 4.78 is 0. The van der Waals surface area contributed by atoms with Crippen molar-refractivity contribution in [3.8, 4) is 0 Å². The van der Waals surface area contributed by atoms with E-state index in [4.69, 9.17) is 0 Å². The van der Waals surface area contributed by atoms with Crippen molar-refractivity contribution in [2.75, 3.05) is 0 Å². The molecule has 60 valence electrons. The Morgan fingerprint density at radius 3 is 2.54 bits per heavy atom. The quantitative estimate of drug-likeness (QED) is 0.421. The number of hydrogen-bond acceptors (Lipinski definition) is 3. The maximum Gasteiger partial charge on any atom is 1.00 e. The van der Waals surface area contributed by atoms with Crippen molar-refractivity contribution in [2.45, 2.75) is 0 Å². The molecule has 0 radical (unpaired) electrons. The number of hydrogen-bond donors (Lipinski definition) is 2. The second-order valence-electron chi connectivity index (χ2n) is 2.31. The Kier molecular flexibility index (Phi) is 3.02. The number of nitrogens with one attached hydrogen (secondary N) is 2. The molecule has 0 amide bonds. The van der Waals surface area contributed by atoms with Gasteiger partial charge in [0.2, 0.25) is 0 Å². The topological polar surface area (TPSA) is 78.6 Å². The Morgan fingerprint density at radius 2 is 1.85 bits per heavy atom. The van der Waals surface area contributed by atoms with Crippen LogP contribution in [-0.2, 0) is 0 Å². The fourth-order valence-corrected chi connectivity index (χ4v) is 1.01. The summed E-state index contributed by atoms with van der Waals surface area (Å²) in [6.07, 6.45) is 1.47. The Labute approximate surface area is 94.5 Å². The first-order valence-corrected chi connectivity index (χ1v) is 3.35. The number of pyridine rings is 1. The van der Waals surface area contributed by atoms with Crippen molar-refractivity contribution in [1.29, 1.82) is 0 Å². The number of aromatic nitrogens is 3. The van der Waals surface area contributed by atoms with E-state index in [9.17, 15) is 9.59 Å². The molecule has 0 spiro atoms. The van der Waals surface area contributed by atoms with Gasteiger partial charge in [-0.1, -0.05) is 0 Å². The van der Waals surface area contributed by atoms with Crippen LogP contribution in [0.3, 0.4) is 0 Å². The van der Waals surface area contributed by atoms with Crippen LogP contribution < -0.4 is 40.7 Å². The maximum atomic E-state index is 11.1. The molecule has 0 bridgehead atoms. The summed E-state index contributed by atoms with van der Waals surface area (Å²) in [5.74, 6) is 0. The molecule has 0 aliphatic carbocycles. The Balaban J connectivity index is 0.000000845. The minimum absolute atomic E-state index is 0. The number of nitrogens with zero attached hydrogens (tertiary/aromatic N) is 1. The van der Waals surface area contributed by atoms with Crippen LogP contribution in [0.1, 0.15) is 0 Å². The van der Waals surface area contributed by atoms with Gasteiger partial charge in [0, 0.05) is 6.20 Å². The molecule has 2 aromatic rings. The normalized spacial score (nSPS) is 9.54. The SMILES string of the molecule is O=c1[nH][nH]c(=O)c2ncccc12.[Na+]. The van der Waals surface area contributed by atoms with Crippen LogP contribution in [0.5, 0.6) is 0 Å². The molecule has 2 aromatic heterocycles. The molecule has 0 aliphatic rings. The molecule has 0 atom stereocenters. The fraction of sp³-hybridized carbons (Fsp3) is 0. The minimum Gasteiger partial charge on any atom is -0.267 e. The number of H-pyrrole nitrogens is 2. The molecule has 6 heteroatoms. The summed E-state index contributed by atoms with van der Waals surface area (Å²) >= 11 is 0. The fourth-order valence-electron chi connectivity index (χ4n) is 1.01. The van der Waals surface area contributed by atoms with E-state index in [0.717, 1.165) is 0 Å². The van der Waals surface area contributed by atoms with Crippen molar-refractivity contribution < 1.29 is 29.6 Å². The van der Waals surface area contributed by atoms with Crippen molar-refractivity contribution in [2.24, 2.45) is 0 Å². The molecule has 0 fully saturated rings. The van der Waals surface area contributed by atoms with E-state index in [1.165, 1.54) is 6.20 Å². The molecule has 0 unspecified atom stereocenters. The second kappa shape index (κ2) is 3.87. The first-order valence-electron chi connectivity index (χ1n) is 3.35. The van der Waals surface area contributed by atoms with Gasteiger partial charge >= 0.3 is 29.6 Å². The summed E-state index contributed by atoms with van der Waals surface area (Å²) in [5, 5.41) is 4.70. The van der Waals surface area contributed by atoms with Crippen molar-refractivity contribution in [1.82, 2.24) is 15.2 Å². The van der Waals surface area contributed by atoms with Crippen LogP contribution >= 0.6 is 0 Å². The second-order valence-corrected chi connectivity index (χ2v) is 2.31. The zero-order valence-electron chi connectivity index (χ0n) is 7.00. The van der Waals surface area contributed by atoms with Gasteiger partial charge in [-0.2, -0.15) is 0 Å². The Bertz CT molecular complexity index is 482. The van der Waals surface area contributed by atoms with Crippen LogP contribution in [0.4, 0.5) is 0 Å². The van der Waals surface area contributed by atoms with Gasteiger partial charge in [-0.3, -0.25) is 24.8 Å². The van der Waals surface area contributed by atoms with Gasteiger partial charge in [0.05, 0.1) is 5.39 Å². The third-order valence-corrected chi connectivity index (χ3v) is 1.56. The van der Waals surface area contributed by atoms with Gasteiger partial charge < -0.3 is 0 Å². The third kappa shape index (κ3) is 1.72. The van der Waals surface area contributed by atoms with Crippen LogP contribution in [0.15, 0.2) is 27.9 Å². The van der Waals surface area contributed by atoms with Gasteiger partial charge in [0.15, 0.2) is 0 Å². The van der Waals surface area contributed by atoms with Crippen LogP contribution in [0.25, 0.3) is 10.9 Å². The average molecular weight is 186 g/mol. The van der Waals surface area contributed by atoms with Crippen LogP contribution in [-0.4, -0.2) is 15.2 Å². The Hall–Kier alpha value is -0.910. The predicted molar refractivity (Wildman–Crippen MR) is 43.0 cm³/mol. The first kappa shape index (κ1) is 10.2. The van der Waals surface area contributed by atoms with Crippen LogP contribution in [0, 0.1) is 0 Å². The molecule has 0 saturated carbocycles. The van der Waals surface area contributed by atoms with Gasteiger partial charge in [-0.25, -0.2) is 0 Å². The van der Waals surface area contributed by atoms with E-state index >= 15 is 0 Å². The number of fused-ring (bicyclic) bond motifs is 1. The molecule has 0 aromatic carbocycles. The average Bonchev–Trinajstić information content (AvgIpc) is 2.12. The third-order valence-electron chi connectivity index (χ3n) is 1.56. The molecule has 2 heterocycles. The largest absolute Gasteiger partial charge is 1.00 e. The molecule has 13 heavy (non-hydrogen) atoms. The predicted octanol–water partition coefficient (Wildman–Crippen LogP) is -3.38. The van der Waals surface area contributed by atoms with E-state index in [0.29, 0.717) is 5.39 Å². The summed E-state index contributed by atoms with van der Waals surface area (Å²) in [4.78, 5) is 25.9. The summed E-state index contributed by atoms with van der Waals surface area (Å²) in [7, 11) is 0. The zero-order valence-corrected chi connectivity index (χ0v) is 9.00. The van der Waals surface area contributed by atoms with Crippen molar-refractivity contribution >= 4 is 10.9 Å². The van der Waals surface area contributed by atoms with Crippen molar-refractivity contribution in [3.05, 3.63) is 39.0 Å². The molecule has 0 aliphatic heterocycles. The van der Waals surface area contributed by atoms with E-state index in [2.05, 4.69) is 15.2 Å². The monoisotopic (exact) mass is 186 g/mol.